The van der Waals surface area contributed by atoms with Crippen molar-refractivity contribution in [3.8, 4) is 0 Å². The zero-order chi connectivity index (χ0) is 23.3. The number of rotatable bonds is 7. The lowest BCUT2D eigenvalue weighted by molar-refractivity contribution is -0.258. The molecule has 3 atom stereocenters. The van der Waals surface area contributed by atoms with Gasteiger partial charge in [-0.2, -0.15) is 0 Å². The van der Waals surface area contributed by atoms with Crippen molar-refractivity contribution in [2.45, 2.75) is 50.7 Å². The van der Waals surface area contributed by atoms with E-state index in [1.165, 1.54) is 10.4 Å². The van der Waals surface area contributed by atoms with Gasteiger partial charge in [0.15, 0.2) is 6.29 Å². The zero-order valence-electron chi connectivity index (χ0n) is 19.7. The van der Waals surface area contributed by atoms with Crippen molar-refractivity contribution in [1.29, 1.82) is 0 Å². The normalized spacial score (nSPS) is 21.6. The van der Waals surface area contributed by atoms with Crippen LogP contribution in [0.5, 0.6) is 0 Å². The van der Waals surface area contributed by atoms with Crippen LogP contribution in [0.15, 0.2) is 91.0 Å². The highest BCUT2D eigenvalue weighted by molar-refractivity contribution is 6.99. The Kier molecular flexibility index (Phi) is 7.47. The minimum absolute atomic E-state index is 0.0859. The number of ether oxygens (including phenoxy) is 2. The van der Waals surface area contributed by atoms with Gasteiger partial charge in [0.1, 0.15) is 6.10 Å². The third-order valence-corrected chi connectivity index (χ3v) is 11.4. The van der Waals surface area contributed by atoms with Gasteiger partial charge in [-0.1, -0.05) is 112 Å². The topological polar surface area (TPSA) is 47.9 Å². The van der Waals surface area contributed by atoms with E-state index in [0.717, 1.165) is 5.56 Å². The van der Waals surface area contributed by atoms with Crippen molar-refractivity contribution in [2.24, 2.45) is 0 Å². The maximum atomic E-state index is 10.6. The van der Waals surface area contributed by atoms with E-state index in [0.29, 0.717) is 13.0 Å². The quantitative estimate of drug-likeness (QED) is 0.528. The van der Waals surface area contributed by atoms with Crippen LogP contribution in [0.4, 0.5) is 0 Å². The first-order chi connectivity index (χ1) is 15.9. The van der Waals surface area contributed by atoms with E-state index in [9.17, 15) is 5.11 Å². The SMILES string of the molecule is CC(C)(C)[Si](OCC[C@@H]1O[C@H](c2ccccc2)OC[C@H]1O)(c1ccccc1)c1ccccc1. The number of aliphatic hydroxyl groups is 1. The summed E-state index contributed by atoms with van der Waals surface area (Å²) in [6.07, 6.45) is -0.888. The molecule has 0 amide bonds. The summed E-state index contributed by atoms with van der Waals surface area (Å²) in [5.41, 5.74) is 0.960. The third kappa shape index (κ3) is 5.13. The van der Waals surface area contributed by atoms with Gasteiger partial charge in [0.05, 0.1) is 12.7 Å². The van der Waals surface area contributed by atoms with Crippen molar-refractivity contribution in [1.82, 2.24) is 0 Å². The fourth-order valence-electron chi connectivity index (χ4n) is 4.72. The molecule has 174 valence electrons. The molecule has 0 unspecified atom stereocenters. The Morgan fingerprint density at radius 1 is 0.848 bits per heavy atom. The van der Waals surface area contributed by atoms with Crippen molar-refractivity contribution in [3.63, 3.8) is 0 Å². The molecule has 4 rings (SSSR count). The molecule has 0 spiro atoms. The molecule has 1 heterocycles. The van der Waals surface area contributed by atoms with Crippen LogP contribution >= 0.6 is 0 Å². The lowest BCUT2D eigenvalue weighted by Crippen LogP contribution is -2.66. The molecule has 1 aliphatic heterocycles. The molecule has 1 aliphatic rings. The molecule has 1 fully saturated rings. The van der Waals surface area contributed by atoms with Crippen LogP contribution in [0, 0.1) is 0 Å². The number of benzene rings is 3. The van der Waals surface area contributed by atoms with Gasteiger partial charge in [-0.3, -0.25) is 0 Å². The Balaban J connectivity index is 1.56. The zero-order valence-corrected chi connectivity index (χ0v) is 20.7. The molecule has 0 aliphatic carbocycles. The molecular weight excluding hydrogens is 428 g/mol. The van der Waals surface area contributed by atoms with Crippen molar-refractivity contribution in [2.75, 3.05) is 13.2 Å². The third-order valence-electron chi connectivity index (χ3n) is 6.36. The Bertz CT molecular complexity index is 949. The van der Waals surface area contributed by atoms with Gasteiger partial charge in [0, 0.05) is 12.2 Å². The smallest absolute Gasteiger partial charge is 0.261 e. The lowest BCUT2D eigenvalue weighted by atomic mass is 10.1. The van der Waals surface area contributed by atoms with Crippen molar-refractivity contribution in [3.05, 3.63) is 96.6 Å². The van der Waals surface area contributed by atoms with Gasteiger partial charge >= 0.3 is 0 Å². The second kappa shape index (κ2) is 10.3. The predicted octanol–water partition coefficient (Wildman–Crippen LogP) is 4.43. The number of hydrogen-bond acceptors (Lipinski definition) is 4. The Morgan fingerprint density at radius 2 is 1.36 bits per heavy atom. The second-order valence-electron chi connectivity index (χ2n) is 9.62. The van der Waals surface area contributed by atoms with E-state index in [2.05, 4.69) is 69.3 Å². The molecule has 5 heteroatoms. The first-order valence-corrected chi connectivity index (χ1v) is 13.6. The minimum Gasteiger partial charge on any atom is -0.407 e. The number of hydrogen-bond donors (Lipinski definition) is 1. The van der Waals surface area contributed by atoms with Crippen LogP contribution in [-0.2, 0) is 13.9 Å². The van der Waals surface area contributed by atoms with E-state index in [1.54, 1.807) is 0 Å². The van der Waals surface area contributed by atoms with Crippen molar-refractivity contribution < 1.29 is 19.0 Å². The van der Waals surface area contributed by atoms with Crippen LogP contribution < -0.4 is 10.4 Å². The van der Waals surface area contributed by atoms with Gasteiger partial charge in [-0.15, -0.1) is 0 Å². The maximum absolute atomic E-state index is 10.6. The molecule has 0 radical (unpaired) electrons. The molecule has 0 aromatic heterocycles. The highest BCUT2D eigenvalue weighted by atomic mass is 28.4. The average Bonchev–Trinajstić information content (AvgIpc) is 2.84. The average molecular weight is 463 g/mol. The molecule has 1 saturated heterocycles. The maximum Gasteiger partial charge on any atom is 0.261 e. The first kappa shape index (κ1) is 23.9. The summed E-state index contributed by atoms with van der Waals surface area (Å²) in [6, 6.07) is 31.1. The van der Waals surface area contributed by atoms with E-state index >= 15 is 0 Å². The van der Waals surface area contributed by atoms with E-state index in [-0.39, 0.29) is 17.7 Å². The summed E-state index contributed by atoms with van der Waals surface area (Å²) in [4.78, 5) is 0. The highest BCUT2D eigenvalue weighted by Crippen LogP contribution is 2.37. The molecular formula is C28H34O4Si. The van der Waals surface area contributed by atoms with E-state index < -0.39 is 20.7 Å². The van der Waals surface area contributed by atoms with Crippen LogP contribution in [0.1, 0.15) is 39.0 Å². The summed E-state index contributed by atoms with van der Waals surface area (Å²) in [5, 5.41) is 13.0. The predicted molar refractivity (Wildman–Crippen MR) is 134 cm³/mol. The lowest BCUT2D eigenvalue weighted by Gasteiger charge is -2.43. The summed E-state index contributed by atoms with van der Waals surface area (Å²) in [5.74, 6) is 0. The first-order valence-electron chi connectivity index (χ1n) is 11.7. The van der Waals surface area contributed by atoms with E-state index in [4.69, 9.17) is 13.9 Å². The monoisotopic (exact) mass is 462 g/mol. The second-order valence-corrected chi connectivity index (χ2v) is 13.9. The summed E-state index contributed by atoms with van der Waals surface area (Å²) in [6.45, 7) is 7.55. The molecule has 0 saturated carbocycles. The van der Waals surface area contributed by atoms with Crippen molar-refractivity contribution >= 4 is 18.7 Å². The molecule has 33 heavy (non-hydrogen) atoms. The highest BCUT2D eigenvalue weighted by Gasteiger charge is 2.50. The van der Waals surface area contributed by atoms with Crippen LogP contribution in [0.2, 0.25) is 5.04 Å². The molecule has 0 bridgehead atoms. The van der Waals surface area contributed by atoms with Gasteiger partial charge in [0.2, 0.25) is 0 Å². The van der Waals surface area contributed by atoms with Crippen LogP contribution in [0.25, 0.3) is 0 Å². The fraction of sp³-hybridized carbons (Fsp3) is 0.357. The largest absolute Gasteiger partial charge is 0.407 e. The van der Waals surface area contributed by atoms with E-state index in [1.807, 2.05) is 42.5 Å². The standard InChI is InChI=1S/C28H34O4Si/c1-28(2,3)33(23-15-9-5-10-16-23,24-17-11-6-12-18-24)31-20-19-26-25(29)21-30-27(32-26)22-13-7-4-8-14-22/h4-18,25-27,29H,19-21H2,1-3H3/t25-,26+,27-/m1/s1. The van der Waals surface area contributed by atoms with Gasteiger partial charge < -0.3 is 19.0 Å². The van der Waals surface area contributed by atoms with Gasteiger partial charge in [0.25, 0.3) is 8.32 Å². The Morgan fingerprint density at radius 3 is 1.88 bits per heavy atom. The summed E-state index contributed by atoms with van der Waals surface area (Å²) in [7, 11) is -2.61. The fourth-order valence-corrected chi connectivity index (χ4v) is 9.30. The van der Waals surface area contributed by atoms with Gasteiger partial charge in [-0.05, 0) is 21.8 Å². The van der Waals surface area contributed by atoms with Crippen LogP contribution in [0.3, 0.4) is 0 Å². The Hall–Kier alpha value is -2.28. The summed E-state index contributed by atoms with van der Waals surface area (Å²) >= 11 is 0. The number of aliphatic hydroxyl groups excluding tert-OH is 1. The molecule has 3 aromatic rings. The molecule has 3 aromatic carbocycles. The summed E-state index contributed by atoms with van der Waals surface area (Å²) < 4.78 is 18.9. The van der Waals surface area contributed by atoms with Crippen LogP contribution in [-0.4, -0.2) is 38.8 Å². The minimum atomic E-state index is -2.61. The molecule has 1 N–H and O–H groups in total. The molecule has 4 nitrogen and oxygen atoms in total. The Labute approximate surface area is 198 Å². The van der Waals surface area contributed by atoms with Gasteiger partial charge in [-0.25, -0.2) is 0 Å².